The van der Waals surface area contributed by atoms with Crippen molar-refractivity contribution in [1.29, 1.82) is 0 Å². The van der Waals surface area contributed by atoms with Crippen LogP contribution in [0.25, 0.3) is 0 Å². The Kier molecular flexibility index (Phi) is 5.14. The number of aromatic nitrogens is 3. The standard InChI is InChI=1S/C14H19N5O2/c1-3-21-13-12(5-4-6-16-13)18-14(20)17-11(2)9-19-8-7-15-10-19/h4-8,10-11H,3,9H2,1-2H3,(H2,17,18,20)/t11-/m1/s1. The van der Waals surface area contributed by atoms with E-state index in [0.29, 0.717) is 24.7 Å². The van der Waals surface area contributed by atoms with E-state index in [2.05, 4.69) is 20.6 Å². The summed E-state index contributed by atoms with van der Waals surface area (Å²) >= 11 is 0. The van der Waals surface area contributed by atoms with Gasteiger partial charge in [0.25, 0.3) is 0 Å². The summed E-state index contributed by atoms with van der Waals surface area (Å²) in [5, 5.41) is 5.60. The molecule has 0 aliphatic carbocycles. The fourth-order valence-electron chi connectivity index (χ4n) is 1.88. The molecule has 2 aromatic heterocycles. The van der Waals surface area contributed by atoms with Gasteiger partial charge in [-0.3, -0.25) is 0 Å². The molecule has 0 saturated heterocycles. The van der Waals surface area contributed by atoms with Crippen LogP contribution < -0.4 is 15.4 Å². The number of hydrogen-bond acceptors (Lipinski definition) is 4. The van der Waals surface area contributed by atoms with Gasteiger partial charge < -0.3 is 19.9 Å². The molecule has 112 valence electrons. The first-order chi connectivity index (χ1) is 10.2. The minimum atomic E-state index is -0.295. The monoisotopic (exact) mass is 289 g/mol. The van der Waals surface area contributed by atoms with E-state index in [0.717, 1.165) is 0 Å². The van der Waals surface area contributed by atoms with Crippen LogP contribution in [0.4, 0.5) is 10.5 Å². The van der Waals surface area contributed by atoms with Crippen LogP contribution in [-0.2, 0) is 6.54 Å². The molecule has 0 saturated carbocycles. The van der Waals surface area contributed by atoms with Crippen molar-refractivity contribution in [2.24, 2.45) is 0 Å². The molecule has 0 aliphatic rings. The predicted molar refractivity (Wildman–Crippen MR) is 79.2 cm³/mol. The molecule has 0 aliphatic heterocycles. The van der Waals surface area contributed by atoms with E-state index in [-0.39, 0.29) is 12.1 Å². The quantitative estimate of drug-likeness (QED) is 0.851. The van der Waals surface area contributed by atoms with Gasteiger partial charge in [0, 0.05) is 31.2 Å². The van der Waals surface area contributed by atoms with Crippen molar-refractivity contribution in [3.63, 3.8) is 0 Å². The molecule has 2 N–H and O–H groups in total. The number of nitrogens with zero attached hydrogens (tertiary/aromatic N) is 3. The second-order valence-electron chi connectivity index (χ2n) is 4.55. The van der Waals surface area contributed by atoms with Crippen molar-refractivity contribution < 1.29 is 9.53 Å². The summed E-state index contributed by atoms with van der Waals surface area (Å²) < 4.78 is 7.27. The van der Waals surface area contributed by atoms with Crippen LogP contribution in [0.3, 0.4) is 0 Å². The first-order valence-electron chi connectivity index (χ1n) is 6.80. The Bertz CT molecular complexity index is 571. The third-order valence-electron chi connectivity index (χ3n) is 2.72. The lowest BCUT2D eigenvalue weighted by Gasteiger charge is -2.16. The van der Waals surface area contributed by atoms with Crippen molar-refractivity contribution in [2.75, 3.05) is 11.9 Å². The van der Waals surface area contributed by atoms with Gasteiger partial charge in [-0.2, -0.15) is 0 Å². The number of anilines is 1. The number of carbonyl (C=O) groups is 1. The summed E-state index contributed by atoms with van der Waals surface area (Å²) in [5.74, 6) is 0.414. The zero-order chi connectivity index (χ0) is 15.1. The molecule has 21 heavy (non-hydrogen) atoms. The Morgan fingerprint density at radius 1 is 1.48 bits per heavy atom. The summed E-state index contributed by atoms with van der Waals surface area (Å²) in [5.41, 5.74) is 0.548. The molecule has 7 nitrogen and oxygen atoms in total. The van der Waals surface area contributed by atoms with Crippen LogP contribution in [0.5, 0.6) is 5.88 Å². The third-order valence-corrected chi connectivity index (χ3v) is 2.72. The van der Waals surface area contributed by atoms with E-state index in [1.807, 2.05) is 24.6 Å². The fraction of sp³-hybridized carbons (Fsp3) is 0.357. The van der Waals surface area contributed by atoms with Crippen molar-refractivity contribution in [1.82, 2.24) is 19.9 Å². The van der Waals surface area contributed by atoms with Crippen LogP contribution in [0.2, 0.25) is 0 Å². The average Bonchev–Trinajstić information content (AvgIpc) is 2.93. The van der Waals surface area contributed by atoms with Gasteiger partial charge in [0.05, 0.1) is 12.9 Å². The van der Waals surface area contributed by atoms with Crippen LogP contribution >= 0.6 is 0 Å². The summed E-state index contributed by atoms with van der Waals surface area (Å²) in [6.07, 6.45) is 6.89. The maximum absolute atomic E-state index is 12.0. The fourth-order valence-corrected chi connectivity index (χ4v) is 1.88. The van der Waals surface area contributed by atoms with Gasteiger partial charge in [-0.25, -0.2) is 14.8 Å². The number of rotatable bonds is 6. The zero-order valence-corrected chi connectivity index (χ0v) is 12.1. The number of nitrogens with one attached hydrogen (secondary N) is 2. The van der Waals surface area contributed by atoms with Crippen LogP contribution in [0, 0.1) is 0 Å². The first-order valence-corrected chi connectivity index (χ1v) is 6.80. The maximum Gasteiger partial charge on any atom is 0.319 e. The maximum atomic E-state index is 12.0. The van der Waals surface area contributed by atoms with Gasteiger partial charge in [0.1, 0.15) is 5.69 Å². The lowest BCUT2D eigenvalue weighted by Crippen LogP contribution is -2.38. The van der Waals surface area contributed by atoms with Gasteiger partial charge >= 0.3 is 6.03 Å². The van der Waals surface area contributed by atoms with E-state index in [1.54, 1.807) is 30.9 Å². The number of urea groups is 1. The third kappa shape index (κ3) is 4.48. The highest BCUT2D eigenvalue weighted by molar-refractivity contribution is 5.90. The van der Waals surface area contributed by atoms with E-state index in [9.17, 15) is 4.79 Å². The van der Waals surface area contributed by atoms with Crippen molar-refractivity contribution in [3.8, 4) is 5.88 Å². The van der Waals surface area contributed by atoms with E-state index >= 15 is 0 Å². The first kappa shape index (κ1) is 14.8. The van der Waals surface area contributed by atoms with Gasteiger partial charge in [-0.05, 0) is 26.0 Å². The largest absolute Gasteiger partial charge is 0.476 e. The molecule has 2 heterocycles. The number of pyridine rings is 1. The zero-order valence-electron chi connectivity index (χ0n) is 12.1. The van der Waals surface area contributed by atoms with Crippen LogP contribution in [0.15, 0.2) is 37.1 Å². The average molecular weight is 289 g/mol. The molecular formula is C14H19N5O2. The molecule has 2 aromatic rings. The number of imidazole rings is 1. The van der Waals surface area contributed by atoms with E-state index in [1.165, 1.54) is 0 Å². The van der Waals surface area contributed by atoms with Crippen LogP contribution in [0.1, 0.15) is 13.8 Å². The van der Waals surface area contributed by atoms with Gasteiger partial charge in [-0.15, -0.1) is 0 Å². The molecular weight excluding hydrogens is 270 g/mol. The predicted octanol–water partition coefficient (Wildman–Crippen LogP) is 1.89. The lowest BCUT2D eigenvalue weighted by atomic mass is 10.3. The summed E-state index contributed by atoms with van der Waals surface area (Å²) in [7, 11) is 0. The minimum Gasteiger partial charge on any atom is -0.476 e. The van der Waals surface area contributed by atoms with Gasteiger partial charge in [-0.1, -0.05) is 0 Å². The SMILES string of the molecule is CCOc1ncccc1NC(=O)N[C@H](C)Cn1ccnc1. The van der Waals surface area contributed by atoms with Gasteiger partial charge in [0.2, 0.25) is 5.88 Å². The molecule has 7 heteroatoms. The molecule has 2 rings (SSSR count). The topological polar surface area (TPSA) is 81.1 Å². The number of carbonyl (C=O) groups excluding carboxylic acids is 1. The Balaban J connectivity index is 1.89. The van der Waals surface area contributed by atoms with Crippen molar-refractivity contribution in [3.05, 3.63) is 37.1 Å². The summed E-state index contributed by atoms with van der Waals surface area (Å²) in [6.45, 7) is 4.93. The Hall–Kier alpha value is -2.57. The van der Waals surface area contributed by atoms with Crippen LogP contribution in [-0.4, -0.2) is 33.2 Å². The highest BCUT2D eigenvalue weighted by atomic mass is 16.5. The van der Waals surface area contributed by atoms with Crippen molar-refractivity contribution in [2.45, 2.75) is 26.4 Å². The van der Waals surface area contributed by atoms with E-state index < -0.39 is 0 Å². The highest BCUT2D eigenvalue weighted by Crippen LogP contribution is 2.20. The summed E-state index contributed by atoms with van der Waals surface area (Å²) in [6, 6.07) is 3.16. The second-order valence-corrected chi connectivity index (χ2v) is 4.55. The normalized spacial score (nSPS) is 11.7. The molecule has 2 amide bonds. The smallest absolute Gasteiger partial charge is 0.319 e. The Morgan fingerprint density at radius 2 is 2.33 bits per heavy atom. The number of ether oxygens (including phenoxy) is 1. The molecule has 0 radical (unpaired) electrons. The summed E-state index contributed by atoms with van der Waals surface area (Å²) in [4.78, 5) is 20.0. The minimum absolute atomic E-state index is 0.0357. The second kappa shape index (κ2) is 7.28. The molecule has 0 bridgehead atoms. The Labute approximate surface area is 123 Å². The van der Waals surface area contributed by atoms with E-state index in [4.69, 9.17) is 4.74 Å². The van der Waals surface area contributed by atoms with Crippen molar-refractivity contribution >= 4 is 11.7 Å². The molecule has 0 unspecified atom stereocenters. The molecule has 0 aromatic carbocycles. The molecule has 0 spiro atoms. The Morgan fingerprint density at radius 3 is 3.05 bits per heavy atom. The molecule has 1 atom stereocenters. The molecule has 0 fully saturated rings. The number of hydrogen-bond donors (Lipinski definition) is 2. The lowest BCUT2D eigenvalue weighted by molar-refractivity contribution is 0.247. The van der Waals surface area contributed by atoms with Gasteiger partial charge in [0.15, 0.2) is 0 Å². The number of amides is 2. The highest BCUT2D eigenvalue weighted by Gasteiger charge is 2.11.